The van der Waals surface area contributed by atoms with Crippen LogP contribution in [0, 0.1) is 5.92 Å². The number of benzene rings is 2. The van der Waals surface area contributed by atoms with E-state index in [1.54, 1.807) is 12.1 Å². The van der Waals surface area contributed by atoms with Gasteiger partial charge in [-0.3, -0.25) is 9.59 Å². The topological polar surface area (TPSA) is 116 Å². The highest BCUT2D eigenvalue weighted by molar-refractivity contribution is 6.00. The van der Waals surface area contributed by atoms with Gasteiger partial charge in [-0.2, -0.15) is 0 Å². The largest absolute Gasteiger partial charge is 0.573 e. The molecule has 1 amide bonds. The fraction of sp³-hybridized carbons (Fsp3) is 0.360. The van der Waals surface area contributed by atoms with E-state index in [1.165, 1.54) is 19.2 Å². The van der Waals surface area contributed by atoms with Crippen LogP contribution in [0.25, 0.3) is 0 Å². The van der Waals surface area contributed by atoms with Gasteiger partial charge in [-0.25, -0.2) is 0 Å². The van der Waals surface area contributed by atoms with Crippen molar-refractivity contribution < 1.29 is 36.7 Å². The summed E-state index contributed by atoms with van der Waals surface area (Å²) in [6.07, 6.45) is -0.471. The van der Waals surface area contributed by atoms with Crippen LogP contribution in [-0.2, 0) is 9.53 Å². The molecule has 0 atom stereocenters. The lowest BCUT2D eigenvalue weighted by atomic mass is 9.77. The lowest BCUT2D eigenvalue weighted by molar-refractivity contribution is -0.274. The molecule has 0 spiro atoms. The maximum Gasteiger partial charge on any atom is 0.573 e. The predicted molar refractivity (Wildman–Crippen MR) is 126 cm³/mol. The summed E-state index contributed by atoms with van der Waals surface area (Å²) in [5.41, 5.74) is 1.90. The molecule has 1 heterocycles. The van der Waals surface area contributed by atoms with Gasteiger partial charge in [0, 0.05) is 23.9 Å². The van der Waals surface area contributed by atoms with E-state index in [4.69, 9.17) is 9.15 Å². The molecule has 9 nitrogen and oxygen atoms in total. The minimum absolute atomic E-state index is 0.169. The first-order valence-corrected chi connectivity index (χ1v) is 11.6. The van der Waals surface area contributed by atoms with Crippen LogP contribution in [0.3, 0.4) is 0 Å². The number of carbonyl (C=O) groups excluding carboxylic acids is 2. The predicted octanol–water partition coefficient (Wildman–Crippen LogP) is 5.80. The average Bonchev–Trinajstić information content (AvgIpc) is 3.33. The molecule has 2 N–H and O–H groups in total. The van der Waals surface area contributed by atoms with Gasteiger partial charge in [-0.05, 0) is 67.3 Å². The van der Waals surface area contributed by atoms with E-state index in [2.05, 4.69) is 25.6 Å². The summed E-state index contributed by atoms with van der Waals surface area (Å²) in [4.78, 5) is 24.0. The van der Waals surface area contributed by atoms with Crippen molar-refractivity contribution in [2.75, 3.05) is 17.7 Å². The number of esters is 1. The molecule has 2 aromatic carbocycles. The number of alkyl halides is 3. The third-order valence-electron chi connectivity index (χ3n) is 6.11. The molecule has 196 valence electrons. The number of nitrogens with zero attached hydrogens (tertiary/aromatic N) is 2. The summed E-state index contributed by atoms with van der Waals surface area (Å²) < 4.78 is 51.1. The Kier molecular flexibility index (Phi) is 7.95. The third kappa shape index (κ3) is 7.45. The van der Waals surface area contributed by atoms with E-state index in [-0.39, 0.29) is 23.6 Å². The normalized spacial score (nSPS) is 17.6. The molecule has 1 fully saturated rings. The number of carbonyl (C=O) groups is 2. The summed E-state index contributed by atoms with van der Waals surface area (Å²) >= 11 is 0. The fourth-order valence-corrected chi connectivity index (χ4v) is 4.30. The molecule has 1 aliphatic rings. The van der Waals surface area contributed by atoms with Crippen LogP contribution in [0.4, 0.5) is 30.6 Å². The average molecular weight is 518 g/mol. The second-order valence-corrected chi connectivity index (χ2v) is 8.69. The molecule has 4 rings (SSSR count). The standard InChI is InChI=1S/C25H25F3N4O5/c1-35-21(33)13-15-5-7-16(8-6-15)17-9-11-18(12-10-17)29-22(34)23-31-32-24(36-23)30-19-3-2-4-20(14-19)37-25(26,27)28/h2-4,9-12,14-16H,5-8,13H2,1H3,(H,29,34)(H,30,32). The van der Waals surface area contributed by atoms with Crippen molar-refractivity contribution in [2.45, 2.75) is 44.4 Å². The molecule has 0 unspecified atom stereocenters. The second-order valence-electron chi connectivity index (χ2n) is 8.69. The monoisotopic (exact) mass is 518 g/mol. The van der Waals surface area contributed by atoms with Crippen molar-refractivity contribution in [3.63, 3.8) is 0 Å². The van der Waals surface area contributed by atoms with Crippen LogP contribution in [0.5, 0.6) is 5.75 Å². The number of amides is 1. The molecule has 12 heteroatoms. The number of hydrogen-bond donors (Lipinski definition) is 2. The molecule has 1 saturated carbocycles. The van der Waals surface area contributed by atoms with Crippen LogP contribution >= 0.6 is 0 Å². The molecule has 0 bridgehead atoms. The highest BCUT2D eigenvalue weighted by atomic mass is 19.4. The Morgan fingerprint density at radius 2 is 1.76 bits per heavy atom. The maximum absolute atomic E-state index is 12.5. The van der Waals surface area contributed by atoms with E-state index in [0.29, 0.717) is 23.9 Å². The lowest BCUT2D eigenvalue weighted by Crippen LogP contribution is -2.17. The Bertz CT molecular complexity index is 1220. The number of rotatable bonds is 8. The van der Waals surface area contributed by atoms with Gasteiger partial charge in [0.1, 0.15) is 5.75 Å². The van der Waals surface area contributed by atoms with E-state index in [0.717, 1.165) is 43.4 Å². The molecule has 0 radical (unpaired) electrons. The van der Waals surface area contributed by atoms with Gasteiger partial charge in [0.25, 0.3) is 0 Å². The highest BCUT2D eigenvalue weighted by Crippen LogP contribution is 2.37. The lowest BCUT2D eigenvalue weighted by Gasteiger charge is -2.28. The summed E-state index contributed by atoms with van der Waals surface area (Å²) in [5.74, 6) is -0.800. The van der Waals surface area contributed by atoms with Crippen molar-refractivity contribution in [3.8, 4) is 5.75 Å². The van der Waals surface area contributed by atoms with Gasteiger partial charge < -0.3 is 24.5 Å². The number of methoxy groups -OCH3 is 1. The number of aromatic nitrogens is 2. The van der Waals surface area contributed by atoms with E-state index in [9.17, 15) is 22.8 Å². The van der Waals surface area contributed by atoms with E-state index >= 15 is 0 Å². The Balaban J connectivity index is 1.30. The maximum atomic E-state index is 12.5. The van der Waals surface area contributed by atoms with Gasteiger partial charge in [0.2, 0.25) is 0 Å². The summed E-state index contributed by atoms with van der Waals surface area (Å²) in [6, 6.07) is 12.4. The van der Waals surface area contributed by atoms with Crippen LogP contribution < -0.4 is 15.4 Å². The van der Waals surface area contributed by atoms with Gasteiger partial charge in [-0.15, -0.1) is 18.3 Å². The van der Waals surface area contributed by atoms with Gasteiger partial charge in [-0.1, -0.05) is 23.3 Å². The number of ether oxygens (including phenoxy) is 2. The summed E-state index contributed by atoms with van der Waals surface area (Å²) in [5, 5.41) is 12.7. The molecule has 1 aromatic heterocycles. The number of halogens is 3. The van der Waals surface area contributed by atoms with Crippen LogP contribution in [-0.4, -0.2) is 35.5 Å². The van der Waals surface area contributed by atoms with Crippen molar-refractivity contribution in [2.24, 2.45) is 5.92 Å². The molecular formula is C25H25F3N4O5. The molecule has 3 aromatic rings. The van der Waals surface area contributed by atoms with Crippen molar-refractivity contribution in [1.82, 2.24) is 10.2 Å². The molecule has 0 aliphatic heterocycles. The molecule has 1 aliphatic carbocycles. The van der Waals surface area contributed by atoms with Crippen LogP contribution in [0.1, 0.15) is 54.3 Å². The fourth-order valence-electron chi connectivity index (χ4n) is 4.30. The van der Waals surface area contributed by atoms with Crippen molar-refractivity contribution in [1.29, 1.82) is 0 Å². The third-order valence-corrected chi connectivity index (χ3v) is 6.11. The number of anilines is 3. The first-order valence-electron chi connectivity index (χ1n) is 11.6. The smallest absolute Gasteiger partial charge is 0.469 e. The zero-order valence-corrected chi connectivity index (χ0v) is 19.9. The van der Waals surface area contributed by atoms with Gasteiger partial charge >= 0.3 is 30.1 Å². The molecular weight excluding hydrogens is 493 g/mol. The highest BCUT2D eigenvalue weighted by Gasteiger charge is 2.31. The Morgan fingerprint density at radius 1 is 1.03 bits per heavy atom. The van der Waals surface area contributed by atoms with E-state index in [1.807, 2.05) is 12.1 Å². The summed E-state index contributed by atoms with van der Waals surface area (Å²) in [7, 11) is 1.41. The SMILES string of the molecule is COC(=O)CC1CCC(c2ccc(NC(=O)c3nnc(Nc4cccc(OC(F)(F)F)c4)o3)cc2)CC1. The number of hydrogen-bond acceptors (Lipinski definition) is 8. The molecule has 0 saturated heterocycles. The van der Waals surface area contributed by atoms with Crippen molar-refractivity contribution in [3.05, 3.63) is 60.0 Å². The Labute approximate surface area is 210 Å². The first kappa shape index (κ1) is 26.0. The second kappa shape index (κ2) is 11.3. The van der Waals surface area contributed by atoms with E-state index < -0.39 is 18.0 Å². The van der Waals surface area contributed by atoms with Crippen LogP contribution in [0.2, 0.25) is 0 Å². The minimum atomic E-state index is -4.82. The quantitative estimate of drug-likeness (QED) is 0.360. The number of nitrogens with one attached hydrogen (secondary N) is 2. The first-order chi connectivity index (χ1) is 17.7. The molecule has 37 heavy (non-hydrogen) atoms. The zero-order valence-electron chi connectivity index (χ0n) is 19.9. The van der Waals surface area contributed by atoms with Gasteiger partial charge in [0.15, 0.2) is 0 Å². The minimum Gasteiger partial charge on any atom is -0.469 e. The Morgan fingerprint density at radius 3 is 2.43 bits per heavy atom. The summed E-state index contributed by atoms with van der Waals surface area (Å²) in [6.45, 7) is 0. The zero-order chi connectivity index (χ0) is 26.4. The van der Waals surface area contributed by atoms with Crippen LogP contribution in [0.15, 0.2) is 52.9 Å². The Hall–Kier alpha value is -4.09. The van der Waals surface area contributed by atoms with Crippen molar-refractivity contribution >= 4 is 29.3 Å². The van der Waals surface area contributed by atoms with Gasteiger partial charge in [0.05, 0.1) is 7.11 Å².